The Morgan fingerprint density at radius 2 is 2.00 bits per heavy atom. The van der Waals surface area contributed by atoms with Crippen molar-refractivity contribution in [1.29, 1.82) is 0 Å². The normalized spacial score (nSPS) is 10.9. The standard InChI is InChI=1S/C18H19N3OS/c1-3-4-12-21(15-10-6-5-8-13(15)2)18-20-16(22)14-9-7-11-19-17(14)23-18/h5-11H,3-4,12H2,1-2H3. The van der Waals surface area contributed by atoms with Crippen molar-refractivity contribution in [2.24, 2.45) is 0 Å². The summed E-state index contributed by atoms with van der Waals surface area (Å²) in [6.07, 6.45) is 3.84. The fourth-order valence-electron chi connectivity index (χ4n) is 2.51. The zero-order chi connectivity index (χ0) is 16.2. The number of pyridine rings is 1. The van der Waals surface area contributed by atoms with E-state index in [1.54, 1.807) is 18.3 Å². The maximum Gasteiger partial charge on any atom is 0.282 e. The minimum Gasteiger partial charge on any atom is -0.317 e. The summed E-state index contributed by atoms with van der Waals surface area (Å²) in [6.45, 7) is 5.08. The Morgan fingerprint density at radius 1 is 1.17 bits per heavy atom. The molecule has 118 valence electrons. The molecule has 0 saturated heterocycles. The molecule has 0 aliphatic heterocycles. The van der Waals surface area contributed by atoms with E-state index in [0.29, 0.717) is 10.5 Å². The van der Waals surface area contributed by atoms with E-state index < -0.39 is 0 Å². The Balaban J connectivity index is 2.13. The van der Waals surface area contributed by atoms with Gasteiger partial charge in [0.15, 0.2) is 5.13 Å². The molecular weight excluding hydrogens is 306 g/mol. The molecule has 4 nitrogen and oxygen atoms in total. The van der Waals surface area contributed by atoms with E-state index in [2.05, 4.69) is 40.8 Å². The van der Waals surface area contributed by atoms with Gasteiger partial charge < -0.3 is 4.90 Å². The summed E-state index contributed by atoms with van der Waals surface area (Å²) >= 11 is 1.47. The molecular formula is C18H19N3OS. The lowest BCUT2D eigenvalue weighted by atomic mass is 10.2. The summed E-state index contributed by atoms with van der Waals surface area (Å²) in [5.74, 6) is 0. The minimum absolute atomic E-state index is 0.211. The Bertz CT molecular complexity index is 875. The highest BCUT2D eigenvalue weighted by molar-refractivity contribution is 7.21. The molecule has 0 N–H and O–H groups in total. The fourth-order valence-corrected chi connectivity index (χ4v) is 3.49. The number of hydrogen-bond donors (Lipinski definition) is 0. The first-order chi connectivity index (χ1) is 11.2. The molecule has 2 aromatic heterocycles. The Morgan fingerprint density at radius 3 is 2.78 bits per heavy atom. The van der Waals surface area contributed by atoms with Crippen molar-refractivity contribution in [2.45, 2.75) is 26.7 Å². The van der Waals surface area contributed by atoms with Gasteiger partial charge in [-0.25, -0.2) is 4.98 Å². The second-order valence-electron chi connectivity index (χ2n) is 5.45. The average molecular weight is 325 g/mol. The second kappa shape index (κ2) is 6.87. The van der Waals surface area contributed by atoms with Gasteiger partial charge in [0.25, 0.3) is 5.56 Å². The third kappa shape index (κ3) is 3.24. The number of fused-ring (bicyclic) bond motifs is 1. The number of benzene rings is 1. The zero-order valence-electron chi connectivity index (χ0n) is 13.3. The molecule has 0 aliphatic carbocycles. The van der Waals surface area contributed by atoms with Crippen LogP contribution in [0, 0.1) is 6.92 Å². The highest BCUT2D eigenvalue weighted by Gasteiger charge is 2.15. The lowest BCUT2D eigenvalue weighted by Gasteiger charge is -2.24. The summed E-state index contributed by atoms with van der Waals surface area (Å²) in [6, 6.07) is 11.7. The molecule has 0 saturated carbocycles. The van der Waals surface area contributed by atoms with E-state index in [0.717, 1.165) is 29.9 Å². The molecule has 5 heteroatoms. The quantitative estimate of drug-likeness (QED) is 0.702. The highest BCUT2D eigenvalue weighted by Crippen LogP contribution is 2.31. The van der Waals surface area contributed by atoms with Crippen LogP contribution in [0.4, 0.5) is 10.8 Å². The first kappa shape index (κ1) is 15.6. The predicted octanol–water partition coefficient (Wildman–Crippen LogP) is 4.30. The summed E-state index contributed by atoms with van der Waals surface area (Å²) < 4.78 is 0. The summed E-state index contributed by atoms with van der Waals surface area (Å²) in [5.41, 5.74) is 2.06. The first-order valence-corrected chi connectivity index (χ1v) is 8.61. The maximum atomic E-state index is 12.3. The van der Waals surface area contributed by atoms with Gasteiger partial charge in [0.1, 0.15) is 4.83 Å². The average Bonchev–Trinajstić information content (AvgIpc) is 2.57. The topological polar surface area (TPSA) is 46.1 Å². The monoisotopic (exact) mass is 325 g/mol. The van der Waals surface area contributed by atoms with E-state index >= 15 is 0 Å². The van der Waals surface area contributed by atoms with Gasteiger partial charge in [-0.15, -0.1) is 0 Å². The molecule has 0 amide bonds. The Kier molecular flexibility index (Phi) is 4.67. The van der Waals surface area contributed by atoms with Gasteiger partial charge in [-0.05, 0) is 37.1 Å². The molecule has 3 aromatic rings. The summed E-state index contributed by atoms with van der Waals surface area (Å²) in [4.78, 5) is 23.8. The van der Waals surface area contributed by atoms with Crippen LogP contribution in [0.15, 0.2) is 47.4 Å². The number of rotatable bonds is 5. The molecule has 0 bridgehead atoms. The van der Waals surface area contributed by atoms with Crippen molar-refractivity contribution in [3.05, 3.63) is 58.5 Å². The molecule has 3 rings (SSSR count). The minimum atomic E-state index is -0.211. The third-order valence-corrected chi connectivity index (χ3v) is 4.77. The van der Waals surface area contributed by atoms with Crippen LogP contribution in [-0.2, 0) is 0 Å². The van der Waals surface area contributed by atoms with Gasteiger partial charge in [0.2, 0.25) is 0 Å². The molecule has 23 heavy (non-hydrogen) atoms. The fraction of sp³-hybridized carbons (Fsp3) is 0.278. The van der Waals surface area contributed by atoms with Crippen LogP contribution in [0.25, 0.3) is 10.2 Å². The molecule has 0 fully saturated rings. The number of aromatic nitrogens is 2. The maximum absolute atomic E-state index is 12.3. The van der Waals surface area contributed by atoms with Gasteiger partial charge in [-0.2, -0.15) is 4.98 Å². The smallest absolute Gasteiger partial charge is 0.282 e. The number of aryl methyl sites for hydroxylation is 1. The Hall–Kier alpha value is -2.27. The first-order valence-electron chi connectivity index (χ1n) is 7.79. The van der Waals surface area contributed by atoms with Gasteiger partial charge in [-0.1, -0.05) is 42.9 Å². The zero-order valence-corrected chi connectivity index (χ0v) is 14.1. The molecule has 0 atom stereocenters. The summed E-state index contributed by atoms with van der Waals surface area (Å²) in [5, 5.41) is 1.30. The molecule has 0 unspecified atom stereocenters. The van der Waals surface area contributed by atoms with Crippen molar-refractivity contribution >= 4 is 32.4 Å². The number of para-hydroxylation sites is 1. The van der Waals surface area contributed by atoms with E-state index in [-0.39, 0.29) is 5.56 Å². The van der Waals surface area contributed by atoms with Crippen molar-refractivity contribution in [1.82, 2.24) is 9.97 Å². The largest absolute Gasteiger partial charge is 0.317 e. The van der Waals surface area contributed by atoms with Crippen LogP contribution < -0.4 is 10.5 Å². The van der Waals surface area contributed by atoms with Gasteiger partial charge in [-0.3, -0.25) is 4.79 Å². The molecule has 0 radical (unpaired) electrons. The van der Waals surface area contributed by atoms with Crippen molar-refractivity contribution in [3.8, 4) is 0 Å². The van der Waals surface area contributed by atoms with Gasteiger partial charge in [0.05, 0.1) is 5.39 Å². The van der Waals surface area contributed by atoms with E-state index in [1.807, 2.05) is 12.1 Å². The SMILES string of the molecule is CCCCN(c1nc(=O)c2cccnc2s1)c1ccccc1C. The number of hydrogen-bond acceptors (Lipinski definition) is 5. The van der Waals surface area contributed by atoms with Crippen LogP contribution in [0.5, 0.6) is 0 Å². The van der Waals surface area contributed by atoms with Crippen molar-refractivity contribution in [2.75, 3.05) is 11.4 Å². The Labute approximate surface area is 139 Å². The van der Waals surface area contributed by atoms with E-state index in [4.69, 9.17) is 0 Å². The van der Waals surface area contributed by atoms with Crippen molar-refractivity contribution < 1.29 is 0 Å². The molecule has 2 heterocycles. The molecule has 0 aliphatic rings. The molecule has 1 aromatic carbocycles. The van der Waals surface area contributed by atoms with Crippen LogP contribution >= 0.6 is 11.3 Å². The molecule has 0 spiro atoms. The predicted molar refractivity (Wildman–Crippen MR) is 96.8 cm³/mol. The van der Waals surface area contributed by atoms with E-state index in [9.17, 15) is 4.79 Å². The van der Waals surface area contributed by atoms with Crippen LogP contribution in [0.2, 0.25) is 0 Å². The van der Waals surface area contributed by atoms with Crippen LogP contribution in [0.3, 0.4) is 0 Å². The summed E-state index contributed by atoms with van der Waals surface area (Å²) in [7, 11) is 0. The number of nitrogens with zero attached hydrogens (tertiary/aromatic N) is 3. The van der Waals surface area contributed by atoms with Crippen LogP contribution in [-0.4, -0.2) is 16.5 Å². The number of unbranched alkanes of at least 4 members (excludes halogenated alkanes) is 1. The van der Waals surface area contributed by atoms with Crippen molar-refractivity contribution in [3.63, 3.8) is 0 Å². The lowest BCUT2D eigenvalue weighted by Crippen LogP contribution is -2.22. The van der Waals surface area contributed by atoms with E-state index in [1.165, 1.54) is 16.9 Å². The third-order valence-electron chi connectivity index (χ3n) is 3.76. The van der Waals surface area contributed by atoms with Crippen LogP contribution in [0.1, 0.15) is 25.3 Å². The van der Waals surface area contributed by atoms with Gasteiger partial charge in [0, 0.05) is 18.4 Å². The number of anilines is 2. The lowest BCUT2D eigenvalue weighted by molar-refractivity contribution is 0.781. The second-order valence-corrected chi connectivity index (χ2v) is 6.41. The van der Waals surface area contributed by atoms with Gasteiger partial charge >= 0.3 is 0 Å². The highest BCUT2D eigenvalue weighted by atomic mass is 32.1.